The molecule has 98 valence electrons. The highest BCUT2D eigenvalue weighted by Crippen LogP contribution is 2.31. The topological polar surface area (TPSA) is 69.6 Å². The Labute approximate surface area is 107 Å². The molecule has 1 aromatic carbocycles. The molecule has 1 aliphatic carbocycles. The van der Waals surface area contributed by atoms with Gasteiger partial charge in [0.2, 0.25) is 0 Å². The Balaban J connectivity index is 2.07. The van der Waals surface area contributed by atoms with E-state index in [0.717, 1.165) is 24.8 Å². The number of aromatic hydroxyl groups is 1. The van der Waals surface area contributed by atoms with Crippen LogP contribution in [0, 0.1) is 13.8 Å². The third-order valence-corrected chi connectivity index (χ3v) is 3.81. The van der Waals surface area contributed by atoms with Gasteiger partial charge >= 0.3 is 0 Å². The molecule has 4 nitrogen and oxygen atoms in total. The minimum Gasteiger partial charge on any atom is -0.507 e. The zero-order valence-electron chi connectivity index (χ0n) is 10.8. The van der Waals surface area contributed by atoms with Crippen molar-refractivity contribution >= 4 is 5.91 Å². The molecule has 2 rings (SSSR count). The van der Waals surface area contributed by atoms with E-state index in [9.17, 15) is 15.0 Å². The van der Waals surface area contributed by atoms with Gasteiger partial charge in [-0.3, -0.25) is 4.79 Å². The molecule has 0 bridgehead atoms. The standard InChI is InChI=1S/C14H19NO3/c1-9-4-5-11(12(16)10(9)2)13(17)15-8-14(18)6-3-7-14/h4-5,16,18H,3,6-8H2,1-2H3,(H,15,17). The van der Waals surface area contributed by atoms with Crippen LogP contribution in [0.1, 0.15) is 40.7 Å². The second kappa shape index (κ2) is 4.61. The molecule has 1 amide bonds. The first-order valence-corrected chi connectivity index (χ1v) is 6.23. The SMILES string of the molecule is Cc1ccc(C(=O)NCC2(O)CCC2)c(O)c1C. The van der Waals surface area contributed by atoms with Crippen LogP contribution >= 0.6 is 0 Å². The van der Waals surface area contributed by atoms with E-state index >= 15 is 0 Å². The smallest absolute Gasteiger partial charge is 0.255 e. The Morgan fingerprint density at radius 1 is 1.39 bits per heavy atom. The van der Waals surface area contributed by atoms with Crippen LogP contribution in [0.5, 0.6) is 5.75 Å². The number of hydrogen-bond acceptors (Lipinski definition) is 3. The first-order valence-electron chi connectivity index (χ1n) is 6.23. The molecular formula is C14H19NO3. The summed E-state index contributed by atoms with van der Waals surface area (Å²) in [6, 6.07) is 3.42. The quantitative estimate of drug-likeness (QED) is 0.763. The number of phenols is 1. The van der Waals surface area contributed by atoms with Crippen LogP contribution in [0.15, 0.2) is 12.1 Å². The molecule has 1 saturated carbocycles. The molecule has 0 aliphatic heterocycles. The first-order chi connectivity index (χ1) is 8.43. The molecule has 0 radical (unpaired) electrons. The summed E-state index contributed by atoms with van der Waals surface area (Å²) in [6.45, 7) is 3.91. The number of nitrogens with one attached hydrogen (secondary N) is 1. The molecular weight excluding hydrogens is 230 g/mol. The molecule has 4 heteroatoms. The van der Waals surface area contributed by atoms with Crippen molar-refractivity contribution in [3.05, 3.63) is 28.8 Å². The average molecular weight is 249 g/mol. The first kappa shape index (κ1) is 12.9. The Morgan fingerprint density at radius 2 is 2.06 bits per heavy atom. The second-order valence-electron chi connectivity index (χ2n) is 5.16. The summed E-state index contributed by atoms with van der Waals surface area (Å²) < 4.78 is 0. The number of carbonyl (C=O) groups excluding carboxylic acids is 1. The summed E-state index contributed by atoms with van der Waals surface area (Å²) in [5, 5.41) is 22.5. The molecule has 0 spiro atoms. The van der Waals surface area contributed by atoms with Gasteiger partial charge in [0.15, 0.2) is 0 Å². The average Bonchev–Trinajstić information content (AvgIpc) is 2.31. The Hall–Kier alpha value is -1.55. The maximum absolute atomic E-state index is 11.9. The minimum atomic E-state index is -0.745. The van der Waals surface area contributed by atoms with E-state index in [0.29, 0.717) is 5.56 Å². The number of phenolic OH excluding ortho intramolecular Hbond substituents is 1. The molecule has 1 aliphatic rings. The molecule has 0 atom stereocenters. The molecule has 0 unspecified atom stereocenters. The van der Waals surface area contributed by atoms with Gasteiger partial charge in [-0.1, -0.05) is 6.07 Å². The largest absolute Gasteiger partial charge is 0.507 e. The fraction of sp³-hybridized carbons (Fsp3) is 0.500. The summed E-state index contributed by atoms with van der Waals surface area (Å²) in [5.41, 5.74) is 1.18. The number of hydrogen-bond donors (Lipinski definition) is 3. The van der Waals surface area contributed by atoms with Gasteiger partial charge in [-0.25, -0.2) is 0 Å². The molecule has 0 saturated heterocycles. The van der Waals surface area contributed by atoms with E-state index in [1.807, 2.05) is 13.0 Å². The second-order valence-corrected chi connectivity index (χ2v) is 5.16. The van der Waals surface area contributed by atoms with Gasteiger partial charge in [-0.2, -0.15) is 0 Å². The molecule has 18 heavy (non-hydrogen) atoms. The van der Waals surface area contributed by atoms with Crippen molar-refractivity contribution in [1.82, 2.24) is 5.32 Å². The number of benzene rings is 1. The fourth-order valence-electron chi connectivity index (χ4n) is 2.09. The summed E-state index contributed by atoms with van der Waals surface area (Å²) in [4.78, 5) is 11.9. The van der Waals surface area contributed by atoms with Crippen LogP contribution in [0.4, 0.5) is 0 Å². The highest BCUT2D eigenvalue weighted by Gasteiger charge is 2.34. The molecule has 1 fully saturated rings. The van der Waals surface area contributed by atoms with Gasteiger partial charge in [0, 0.05) is 6.54 Å². The highest BCUT2D eigenvalue weighted by molar-refractivity contribution is 5.97. The van der Waals surface area contributed by atoms with Crippen molar-refractivity contribution in [3.63, 3.8) is 0 Å². The number of aliphatic hydroxyl groups is 1. The van der Waals surface area contributed by atoms with Gasteiger partial charge in [-0.15, -0.1) is 0 Å². The third-order valence-electron chi connectivity index (χ3n) is 3.81. The zero-order chi connectivity index (χ0) is 13.3. The van der Waals surface area contributed by atoms with E-state index in [2.05, 4.69) is 5.32 Å². The summed E-state index contributed by atoms with van der Waals surface area (Å²) >= 11 is 0. The van der Waals surface area contributed by atoms with E-state index < -0.39 is 5.60 Å². The van der Waals surface area contributed by atoms with Crippen LogP contribution in [-0.2, 0) is 0 Å². The number of carbonyl (C=O) groups is 1. The van der Waals surface area contributed by atoms with Crippen molar-refractivity contribution in [2.45, 2.75) is 38.7 Å². The van der Waals surface area contributed by atoms with E-state index in [-0.39, 0.29) is 23.8 Å². The van der Waals surface area contributed by atoms with Gasteiger partial charge in [0.1, 0.15) is 5.75 Å². The zero-order valence-corrected chi connectivity index (χ0v) is 10.8. The lowest BCUT2D eigenvalue weighted by Crippen LogP contribution is -2.47. The predicted molar refractivity (Wildman–Crippen MR) is 68.7 cm³/mol. The predicted octanol–water partition coefficient (Wildman–Crippen LogP) is 1.65. The Bertz CT molecular complexity index is 478. The maximum Gasteiger partial charge on any atom is 0.255 e. The van der Waals surface area contributed by atoms with Gasteiger partial charge in [-0.05, 0) is 50.3 Å². The lowest BCUT2D eigenvalue weighted by Gasteiger charge is -2.36. The summed E-state index contributed by atoms with van der Waals surface area (Å²) in [5.74, 6) is -0.316. The molecule has 3 N–H and O–H groups in total. The fourth-order valence-corrected chi connectivity index (χ4v) is 2.09. The van der Waals surface area contributed by atoms with Gasteiger partial charge in [0.25, 0.3) is 5.91 Å². The van der Waals surface area contributed by atoms with Gasteiger partial charge in [0.05, 0.1) is 11.2 Å². The highest BCUT2D eigenvalue weighted by atomic mass is 16.3. The van der Waals surface area contributed by atoms with E-state index in [1.54, 1.807) is 13.0 Å². The van der Waals surface area contributed by atoms with Crippen molar-refractivity contribution in [2.75, 3.05) is 6.54 Å². The van der Waals surface area contributed by atoms with E-state index in [4.69, 9.17) is 0 Å². The summed E-state index contributed by atoms with van der Waals surface area (Å²) in [7, 11) is 0. The van der Waals surface area contributed by atoms with Crippen molar-refractivity contribution in [3.8, 4) is 5.75 Å². The number of amides is 1. The van der Waals surface area contributed by atoms with Crippen molar-refractivity contribution in [1.29, 1.82) is 0 Å². The minimum absolute atomic E-state index is 0.0214. The number of aryl methyl sites for hydroxylation is 1. The van der Waals surface area contributed by atoms with Crippen LogP contribution in [-0.4, -0.2) is 28.3 Å². The lowest BCUT2D eigenvalue weighted by atomic mass is 9.80. The van der Waals surface area contributed by atoms with Crippen LogP contribution in [0.25, 0.3) is 0 Å². The van der Waals surface area contributed by atoms with Crippen molar-refractivity contribution in [2.24, 2.45) is 0 Å². The van der Waals surface area contributed by atoms with Crippen LogP contribution in [0.2, 0.25) is 0 Å². The molecule has 0 aromatic heterocycles. The Morgan fingerprint density at radius 3 is 2.61 bits per heavy atom. The third kappa shape index (κ3) is 2.34. The van der Waals surface area contributed by atoms with Crippen LogP contribution < -0.4 is 5.32 Å². The number of rotatable bonds is 3. The maximum atomic E-state index is 11.9. The van der Waals surface area contributed by atoms with Crippen LogP contribution in [0.3, 0.4) is 0 Å². The normalized spacial score (nSPS) is 17.1. The lowest BCUT2D eigenvalue weighted by molar-refractivity contribution is -0.0300. The Kier molecular flexibility index (Phi) is 3.30. The molecule has 0 heterocycles. The monoisotopic (exact) mass is 249 g/mol. The van der Waals surface area contributed by atoms with Crippen molar-refractivity contribution < 1.29 is 15.0 Å². The molecule has 1 aromatic rings. The van der Waals surface area contributed by atoms with Gasteiger partial charge < -0.3 is 15.5 Å². The van der Waals surface area contributed by atoms with E-state index in [1.165, 1.54) is 0 Å². The summed E-state index contributed by atoms with van der Waals surface area (Å²) in [6.07, 6.45) is 2.46.